The Bertz CT molecular complexity index is 813. The number of halogens is 2. The molecule has 2 aromatic rings. The minimum Gasteiger partial charge on any atom is -0.383 e. The number of rotatable bonds is 5. The summed E-state index contributed by atoms with van der Waals surface area (Å²) >= 11 is 0. The van der Waals surface area contributed by atoms with Gasteiger partial charge in [0, 0.05) is 17.2 Å². The first-order valence-corrected chi connectivity index (χ1v) is 8.25. The highest BCUT2D eigenvalue weighted by molar-refractivity contribution is 5.94. The molecule has 8 heteroatoms. The van der Waals surface area contributed by atoms with Gasteiger partial charge < -0.3 is 14.9 Å². The standard InChI is InChI=1S/C17H17F2N3O3/c18-17(19,16(24)7-2-8-16)15-21-13(22-25-15)11-3-1-4-12(9-11)20-14(23)10-5-6-10/h1,3-4,9-10,24H,2,5-8H2,(H,20,23). The Labute approximate surface area is 142 Å². The molecule has 1 aromatic heterocycles. The highest BCUT2D eigenvalue weighted by Gasteiger charge is 2.60. The van der Waals surface area contributed by atoms with E-state index in [0.717, 1.165) is 12.8 Å². The van der Waals surface area contributed by atoms with E-state index >= 15 is 0 Å². The number of carbonyl (C=O) groups is 1. The SMILES string of the molecule is O=C(Nc1cccc(-c2noc(C(F)(F)C3(O)CCC3)n2)c1)C1CC1. The number of nitrogens with zero attached hydrogens (tertiary/aromatic N) is 2. The molecule has 2 aliphatic carbocycles. The molecule has 132 valence electrons. The number of benzene rings is 1. The van der Waals surface area contributed by atoms with Gasteiger partial charge in [0.15, 0.2) is 0 Å². The first-order valence-electron chi connectivity index (χ1n) is 8.25. The maximum absolute atomic E-state index is 14.4. The maximum Gasteiger partial charge on any atom is 0.352 e. The number of hydrogen-bond acceptors (Lipinski definition) is 5. The minimum atomic E-state index is -3.59. The van der Waals surface area contributed by atoms with E-state index in [1.807, 2.05) is 0 Å². The van der Waals surface area contributed by atoms with E-state index in [2.05, 4.69) is 15.5 Å². The zero-order chi connectivity index (χ0) is 17.7. The second kappa shape index (κ2) is 5.59. The number of amides is 1. The van der Waals surface area contributed by atoms with Crippen molar-refractivity contribution >= 4 is 11.6 Å². The normalized spacial score (nSPS) is 19.3. The van der Waals surface area contributed by atoms with Crippen LogP contribution < -0.4 is 5.32 Å². The molecule has 0 atom stereocenters. The highest BCUT2D eigenvalue weighted by Crippen LogP contribution is 2.49. The molecule has 0 unspecified atom stereocenters. The molecular weight excluding hydrogens is 332 g/mol. The van der Waals surface area contributed by atoms with Crippen LogP contribution in [-0.4, -0.2) is 26.8 Å². The Morgan fingerprint density at radius 1 is 1.36 bits per heavy atom. The zero-order valence-corrected chi connectivity index (χ0v) is 13.3. The molecule has 1 aromatic carbocycles. The van der Waals surface area contributed by atoms with Gasteiger partial charge in [0.05, 0.1) is 0 Å². The molecular formula is C17H17F2N3O3. The predicted molar refractivity (Wildman–Crippen MR) is 83.8 cm³/mol. The van der Waals surface area contributed by atoms with E-state index in [9.17, 15) is 18.7 Å². The van der Waals surface area contributed by atoms with Crippen LogP contribution in [0.1, 0.15) is 38.0 Å². The third kappa shape index (κ3) is 2.80. The minimum absolute atomic E-state index is 0.000394. The average Bonchev–Trinajstić information content (AvgIpc) is 3.29. The van der Waals surface area contributed by atoms with Gasteiger partial charge in [-0.05, 0) is 44.2 Å². The molecule has 0 radical (unpaired) electrons. The Hall–Kier alpha value is -2.35. The Kier molecular flexibility index (Phi) is 3.61. The van der Waals surface area contributed by atoms with Crippen molar-refractivity contribution < 1.29 is 23.2 Å². The van der Waals surface area contributed by atoms with Crippen molar-refractivity contribution in [2.75, 3.05) is 5.32 Å². The lowest BCUT2D eigenvalue weighted by atomic mass is 9.75. The van der Waals surface area contributed by atoms with Crippen LogP contribution in [0.5, 0.6) is 0 Å². The van der Waals surface area contributed by atoms with Crippen LogP contribution in [-0.2, 0) is 10.7 Å². The number of anilines is 1. The van der Waals surface area contributed by atoms with E-state index in [1.54, 1.807) is 24.3 Å². The molecule has 0 aliphatic heterocycles. The Balaban J connectivity index is 1.56. The summed E-state index contributed by atoms with van der Waals surface area (Å²) < 4.78 is 33.4. The molecule has 6 nitrogen and oxygen atoms in total. The van der Waals surface area contributed by atoms with Crippen LogP contribution in [0.3, 0.4) is 0 Å². The first-order chi connectivity index (χ1) is 11.9. The monoisotopic (exact) mass is 349 g/mol. The molecule has 25 heavy (non-hydrogen) atoms. The van der Waals surface area contributed by atoms with Gasteiger partial charge in [0.25, 0.3) is 0 Å². The fraction of sp³-hybridized carbons (Fsp3) is 0.471. The second-order valence-corrected chi connectivity index (χ2v) is 6.73. The van der Waals surface area contributed by atoms with Crippen LogP contribution in [0.2, 0.25) is 0 Å². The number of aromatic nitrogens is 2. The summed E-state index contributed by atoms with van der Waals surface area (Å²) in [6.07, 6.45) is 2.31. The summed E-state index contributed by atoms with van der Waals surface area (Å²) in [5.74, 6) is -4.49. The van der Waals surface area contributed by atoms with Gasteiger partial charge in [-0.3, -0.25) is 4.79 Å². The van der Waals surface area contributed by atoms with Gasteiger partial charge >= 0.3 is 11.8 Å². The largest absolute Gasteiger partial charge is 0.383 e. The van der Waals surface area contributed by atoms with Gasteiger partial charge in [-0.25, -0.2) is 0 Å². The van der Waals surface area contributed by atoms with Crippen LogP contribution in [0.25, 0.3) is 11.4 Å². The lowest BCUT2D eigenvalue weighted by Crippen LogP contribution is -2.51. The smallest absolute Gasteiger partial charge is 0.352 e. The first kappa shape index (κ1) is 16.1. The molecule has 4 rings (SSSR count). The van der Waals surface area contributed by atoms with E-state index in [0.29, 0.717) is 17.7 Å². The summed E-state index contributed by atoms with van der Waals surface area (Å²) in [4.78, 5) is 15.6. The van der Waals surface area contributed by atoms with Crippen molar-refractivity contribution in [2.24, 2.45) is 5.92 Å². The lowest BCUT2D eigenvalue weighted by molar-refractivity contribution is -0.235. The summed E-state index contributed by atoms with van der Waals surface area (Å²) in [7, 11) is 0. The quantitative estimate of drug-likeness (QED) is 0.866. The van der Waals surface area contributed by atoms with Crippen molar-refractivity contribution in [2.45, 2.75) is 43.6 Å². The number of carbonyl (C=O) groups excluding carboxylic acids is 1. The van der Waals surface area contributed by atoms with E-state index in [1.165, 1.54) is 0 Å². The van der Waals surface area contributed by atoms with Crippen LogP contribution >= 0.6 is 0 Å². The number of alkyl halides is 2. The topological polar surface area (TPSA) is 88.2 Å². The fourth-order valence-electron chi connectivity index (χ4n) is 2.82. The summed E-state index contributed by atoms with van der Waals surface area (Å²) in [6, 6.07) is 6.62. The maximum atomic E-state index is 14.4. The van der Waals surface area contributed by atoms with Gasteiger partial charge in [0.1, 0.15) is 5.60 Å². The Morgan fingerprint density at radius 2 is 2.12 bits per heavy atom. The summed E-state index contributed by atoms with van der Waals surface area (Å²) in [6.45, 7) is 0. The average molecular weight is 349 g/mol. The van der Waals surface area contributed by atoms with Crippen molar-refractivity contribution in [1.82, 2.24) is 10.1 Å². The van der Waals surface area contributed by atoms with Crippen molar-refractivity contribution in [3.05, 3.63) is 30.2 Å². The second-order valence-electron chi connectivity index (χ2n) is 6.73. The van der Waals surface area contributed by atoms with Gasteiger partial charge in [0.2, 0.25) is 11.7 Å². The molecule has 0 saturated heterocycles. The van der Waals surface area contributed by atoms with Crippen molar-refractivity contribution in [3.63, 3.8) is 0 Å². The van der Waals surface area contributed by atoms with Crippen LogP contribution in [0, 0.1) is 5.92 Å². The number of nitrogens with one attached hydrogen (secondary N) is 1. The summed E-state index contributed by atoms with van der Waals surface area (Å²) in [5, 5.41) is 16.3. The van der Waals surface area contributed by atoms with Crippen molar-refractivity contribution in [1.29, 1.82) is 0 Å². The molecule has 0 bridgehead atoms. The number of hydrogen-bond donors (Lipinski definition) is 2. The molecule has 2 aliphatic rings. The van der Waals surface area contributed by atoms with Crippen LogP contribution in [0.15, 0.2) is 28.8 Å². The third-order valence-corrected chi connectivity index (χ3v) is 4.80. The number of aliphatic hydroxyl groups is 1. The van der Waals surface area contributed by atoms with Crippen molar-refractivity contribution in [3.8, 4) is 11.4 Å². The van der Waals surface area contributed by atoms with Gasteiger partial charge in [-0.15, -0.1) is 0 Å². The van der Waals surface area contributed by atoms with E-state index in [-0.39, 0.29) is 30.5 Å². The lowest BCUT2D eigenvalue weighted by Gasteiger charge is -2.40. The van der Waals surface area contributed by atoms with E-state index < -0.39 is 17.4 Å². The van der Waals surface area contributed by atoms with Gasteiger partial charge in [-0.2, -0.15) is 13.8 Å². The van der Waals surface area contributed by atoms with Gasteiger partial charge in [-0.1, -0.05) is 17.3 Å². The molecule has 1 heterocycles. The zero-order valence-electron chi connectivity index (χ0n) is 13.3. The molecule has 0 spiro atoms. The fourth-order valence-corrected chi connectivity index (χ4v) is 2.82. The third-order valence-electron chi connectivity index (χ3n) is 4.80. The highest BCUT2D eigenvalue weighted by atomic mass is 19.3. The molecule has 1 amide bonds. The van der Waals surface area contributed by atoms with E-state index in [4.69, 9.17) is 4.52 Å². The molecule has 2 N–H and O–H groups in total. The van der Waals surface area contributed by atoms with Crippen LogP contribution in [0.4, 0.5) is 14.5 Å². The molecule has 2 saturated carbocycles. The summed E-state index contributed by atoms with van der Waals surface area (Å²) in [5.41, 5.74) is -1.12. The predicted octanol–water partition coefficient (Wildman–Crippen LogP) is 3.09. The Morgan fingerprint density at radius 3 is 2.76 bits per heavy atom. The molecule has 2 fully saturated rings.